The molecule has 1 heterocycles. The van der Waals surface area contributed by atoms with Crippen molar-refractivity contribution in [3.05, 3.63) is 29.5 Å². The zero-order valence-corrected chi connectivity index (χ0v) is 11.5. The normalized spacial score (nSPS) is 10.7. The number of H-pyrrole nitrogens is 1. The quantitative estimate of drug-likeness (QED) is 0.871. The minimum atomic E-state index is -0.910. The fraction of sp³-hybridized carbons (Fsp3) is 0.357. The van der Waals surface area contributed by atoms with Gasteiger partial charge in [-0.3, -0.25) is 14.7 Å². The number of benzene rings is 1. The molecular formula is C14H17N3O3. The van der Waals surface area contributed by atoms with E-state index in [4.69, 9.17) is 5.11 Å². The summed E-state index contributed by atoms with van der Waals surface area (Å²) in [4.78, 5) is 24.7. The first-order valence-corrected chi connectivity index (χ1v) is 6.47. The number of fused-ring (bicyclic) bond motifs is 1. The molecule has 2 rings (SSSR count). The summed E-state index contributed by atoms with van der Waals surface area (Å²) in [5, 5.41) is 16.4. The van der Waals surface area contributed by atoms with Gasteiger partial charge in [0.15, 0.2) is 0 Å². The van der Waals surface area contributed by atoms with Crippen molar-refractivity contribution >= 4 is 22.8 Å². The lowest BCUT2D eigenvalue weighted by Gasteiger charge is -2.20. The Hall–Kier alpha value is -2.37. The van der Waals surface area contributed by atoms with E-state index >= 15 is 0 Å². The van der Waals surface area contributed by atoms with Gasteiger partial charge in [0.25, 0.3) is 5.91 Å². The average Bonchev–Trinajstić information content (AvgIpc) is 2.85. The van der Waals surface area contributed by atoms with Crippen LogP contribution in [-0.2, 0) is 4.79 Å². The van der Waals surface area contributed by atoms with E-state index in [1.165, 1.54) is 4.90 Å². The first kappa shape index (κ1) is 14.0. The van der Waals surface area contributed by atoms with Crippen LogP contribution in [0.15, 0.2) is 18.3 Å². The molecule has 0 aliphatic heterocycles. The summed E-state index contributed by atoms with van der Waals surface area (Å²) in [6.07, 6.45) is 1.62. The first-order chi connectivity index (χ1) is 9.52. The van der Waals surface area contributed by atoms with Crippen molar-refractivity contribution in [3.63, 3.8) is 0 Å². The molecule has 0 aliphatic carbocycles. The molecule has 0 spiro atoms. The van der Waals surface area contributed by atoms with E-state index in [9.17, 15) is 9.59 Å². The minimum Gasteiger partial charge on any atom is -0.481 e. The second-order valence-electron chi connectivity index (χ2n) is 4.68. The fourth-order valence-corrected chi connectivity index (χ4v) is 2.18. The number of nitrogens with zero attached hydrogens (tertiary/aromatic N) is 2. The van der Waals surface area contributed by atoms with Crippen molar-refractivity contribution in [3.8, 4) is 0 Å². The molecule has 1 aromatic heterocycles. The van der Waals surface area contributed by atoms with Gasteiger partial charge in [0.1, 0.15) is 0 Å². The van der Waals surface area contributed by atoms with Crippen LogP contribution < -0.4 is 0 Å². The van der Waals surface area contributed by atoms with E-state index in [0.29, 0.717) is 17.6 Å². The van der Waals surface area contributed by atoms with E-state index in [2.05, 4.69) is 10.2 Å². The van der Waals surface area contributed by atoms with Gasteiger partial charge < -0.3 is 10.0 Å². The number of aromatic nitrogens is 2. The second kappa shape index (κ2) is 5.73. The van der Waals surface area contributed by atoms with Gasteiger partial charge in [-0.05, 0) is 31.5 Å². The SMILES string of the molecule is CCN(CCC(=O)O)C(=O)c1cc(C)cc2cn[nH]c12. The van der Waals surface area contributed by atoms with Crippen LogP contribution in [0.25, 0.3) is 10.9 Å². The highest BCUT2D eigenvalue weighted by Gasteiger charge is 2.19. The third-order valence-corrected chi connectivity index (χ3v) is 3.19. The predicted octanol–water partition coefficient (Wildman–Crippen LogP) is 1.81. The lowest BCUT2D eigenvalue weighted by molar-refractivity contribution is -0.137. The van der Waals surface area contributed by atoms with Crippen LogP contribution >= 0.6 is 0 Å². The predicted molar refractivity (Wildman–Crippen MR) is 74.7 cm³/mol. The Morgan fingerprint density at radius 3 is 2.80 bits per heavy atom. The molecule has 0 saturated heterocycles. The molecule has 0 atom stereocenters. The van der Waals surface area contributed by atoms with Crippen LogP contribution in [0.5, 0.6) is 0 Å². The smallest absolute Gasteiger partial charge is 0.305 e. The number of amides is 1. The Kier molecular flexibility index (Phi) is 4.02. The largest absolute Gasteiger partial charge is 0.481 e. The van der Waals surface area contributed by atoms with Gasteiger partial charge in [0.05, 0.1) is 23.7 Å². The zero-order chi connectivity index (χ0) is 14.7. The number of carboxylic acid groups (broad SMARTS) is 1. The van der Waals surface area contributed by atoms with Crippen LogP contribution in [-0.4, -0.2) is 45.2 Å². The number of aliphatic carboxylic acids is 1. The maximum absolute atomic E-state index is 12.5. The minimum absolute atomic E-state index is 0.0580. The molecule has 6 heteroatoms. The van der Waals surface area contributed by atoms with Crippen molar-refractivity contribution in [2.24, 2.45) is 0 Å². The van der Waals surface area contributed by atoms with Gasteiger partial charge in [0, 0.05) is 18.5 Å². The Balaban J connectivity index is 2.33. The molecule has 1 aromatic carbocycles. The number of aromatic amines is 1. The van der Waals surface area contributed by atoms with Crippen molar-refractivity contribution < 1.29 is 14.7 Å². The Bertz CT molecular complexity index is 648. The number of hydrogen-bond donors (Lipinski definition) is 2. The number of carbonyl (C=O) groups excluding carboxylic acids is 1. The fourth-order valence-electron chi connectivity index (χ4n) is 2.18. The summed E-state index contributed by atoms with van der Waals surface area (Å²) < 4.78 is 0. The molecular weight excluding hydrogens is 258 g/mol. The van der Waals surface area contributed by atoms with Crippen LogP contribution in [0.1, 0.15) is 29.3 Å². The number of carboxylic acids is 1. The maximum Gasteiger partial charge on any atom is 0.305 e. The molecule has 6 nitrogen and oxygen atoms in total. The van der Waals surface area contributed by atoms with Gasteiger partial charge in [-0.1, -0.05) is 0 Å². The molecule has 2 N–H and O–H groups in total. The highest BCUT2D eigenvalue weighted by molar-refractivity contribution is 6.05. The lowest BCUT2D eigenvalue weighted by Crippen LogP contribution is -2.33. The van der Waals surface area contributed by atoms with Crippen molar-refractivity contribution in [2.45, 2.75) is 20.3 Å². The summed E-state index contributed by atoms with van der Waals surface area (Å²) in [5.41, 5.74) is 2.19. The van der Waals surface area contributed by atoms with Crippen molar-refractivity contribution in [1.82, 2.24) is 15.1 Å². The van der Waals surface area contributed by atoms with E-state index in [1.54, 1.807) is 12.3 Å². The second-order valence-corrected chi connectivity index (χ2v) is 4.68. The van der Waals surface area contributed by atoms with E-state index in [1.807, 2.05) is 19.9 Å². The topological polar surface area (TPSA) is 86.3 Å². The molecule has 0 saturated carbocycles. The van der Waals surface area contributed by atoms with Gasteiger partial charge in [-0.2, -0.15) is 5.10 Å². The summed E-state index contributed by atoms with van der Waals surface area (Å²) in [7, 11) is 0. The van der Waals surface area contributed by atoms with E-state index < -0.39 is 5.97 Å². The third-order valence-electron chi connectivity index (χ3n) is 3.19. The van der Waals surface area contributed by atoms with Crippen molar-refractivity contribution in [2.75, 3.05) is 13.1 Å². The molecule has 0 unspecified atom stereocenters. The van der Waals surface area contributed by atoms with Crippen LogP contribution in [0, 0.1) is 6.92 Å². The Labute approximate surface area is 116 Å². The highest BCUT2D eigenvalue weighted by Crippen LogP contribution is 2.20. The summed E-state index contributed by atoms with van der Waals surface area (Å²) in [5.74, 6) is -1.08. The third kappa shape index (κ3) is 2.79. The first-order valence-electron chi connectivity index (χ1n) is 6.47. The summed E-state index contributed by atoms with van der Waals surface area (Å²) >= 11 is 0. The molecule has 0 fully saturated rings. The van der Waals surface area contributed by atoms with Gasteiger partial charge >= 0.3 is 5.97 Å². The highest BCUT2D eigenvalue weighted by atomic mass is 16.4. The Morgan fingerprint density at radius 1 is 1.40 bits per heavy atom. The van der Waals surface area contributed by atoms with E-state index in [-0.39, 0.29) is 18.9 Å². The molecule has 1 amide bonds. The zero-order valence-electron chi connectivity index (χ0n) is 11.5. The molecule has 0 radical (unpaired) electrons. The van der Waals surface area contributed by atoms with Gasteiger partial charge in [-0.25, -0.2) is 0 Å². The standard InChI is InChI=1S/C14H17N3O3/c1-3-17(5-4-12(18)19)14(20)11-7-9(2)6-10-8-15-16-13(10)11/h6-8H,3-5H2,1-2H3,(H,15,16)(H,18,19). The van der Waals surface area contributed by atoms with Crippen LogP contribution in [0.4, 0.5) is 0 Å². The van der Waals surface area contributed by atoms with Gasteiger partial charge in [0.2, 0.25) is 0 Å². The van der Waals surface area contributed by atoms with Crippen LogP contribution in [0.3, 0.4) is 0 Å². The number of rotatable bonds is 5. The number of carbonyl (C=O) groups is 2. The molecule has 106 valence electrons. The maximum atomic E-state index is 12.5. The summed E-state index contributed by atoms with van der Waals surface area (Å²) in [6.45, 7) is 4.42. The lowest BCUT2D eigenvalue weighted by atomic mass is 10.1. The number of nitrogens with one attached hydrogen (secondary N) is 1. The molecule has 0 bridgehead atoms. The Morgan fingerprint density at radius 2 is 2.15 bits per heavy atom. The van der Waals surface area contributed by atoms with Crippen LogP contribution in [0.2, 0.25) is 0 Å². The average molecular weight is 275 g/mol. The van der Waals surface area contributed by atoms with Crippen molar-refractivity contribution in [1.29, 1.82) is 0 Å². The molecule has 2 aromatic rings. The molecule has 20 heavy (non-hydrogen) atoms. The van der Waals surface area contributed by atoms with E-state index in [0.717, 1.165) is 10.9 Å². The number of hydrogen-bond acceptors (Lipinski definition) is 3. The number of aryl methyl sites for hydroxylation is 1. The molecule has 0 aliphatic rings. The van der Waals surface area contributed by atoms with Gasteiger partial charge in [-0.15, -0.1) is 0 Å². The summed E-state index contributed by atoms with van der Waals surface area (Å²) in [6, 6.07) is 3.75. The monoisotopic (exact) mass is 275 g/mol.